The van der Waals surface area contributed by atoms with E-state index in [0.29, 0.717) is 13.2 Å². The van der Waals surface area contributed by atoms with Crippen molar-refractivity contribution < 1.29 is 13.9 Å². The number of halogens is 1. The van der Waals surface area contributed by atoms with Crippen molar-refractivity contribution in [3.8, 4) is 5.75 Å². The zero-order valence-electron chi connectivity index (χ0n) is 14.3. The molecule has 5 heteroatoms. The number of carbonyl (C=O) groups is 1. The fraction of sp³-hybridized carbons (Fsp3) is 0.316. The minimum absolute atomic E-state index is 0.0826. The Morgan fingerprint density at radius 1 is 1.12 bits per heavy atom. The summed E-state index contributed by atoms with van der Waals surface area (Å²) in [5, 5.41) is 2.95. The summed E-state index contributed by atoms with van der Waals surface area (Å²) in [6.07, 6.45) is 0. The molecule has 0 radical (unpaired) electrons. The standard InChI is InChI=1S/C19H23FN2O2/c1-14-7-6-8-15(2)19(14)21-18(23)13-22(3)11-12-24-17-10-5-4-9-16(17)20/h4-10H,11-13H2,1-3H3,(H,21,23). The van der Waals surface area contributed by atoms with Gasteiger partial charge in [0.05, 0.1) is 6.54 Å². The summed E-state index contributed by atoms with van der Waals surface area (Å²) >= 11 is 0. The van der Waals surface area contributed by atoms with Crippen molar-refractivity contribution in [3.63, 3.8) is 0 Å². The van der Waals surface area contributed by atoms with Gasteiger partial charge in [0.15, 0.2) is 11.6 Å². The van der Waals surface area contributed by atoms with Gasteiger partial charge >= 0.3 is 0 Å². The molecular weight excluding hydrogens is 307 g/mol. The minimum Gasteiger partial charge on any atom is -0.489 e. The van der Waals surface area contributed by atoms with Gasteiger partial charge in [-0.1, -0.05) is 30.3 Å². The quantitative estimate of drug-likeness (QED) is 0.846. The van der Waals surface area contributed by atoms with Crippen LogP contribution in [0.2, 0.25) is 0 Å². The highest BCUT2D eigenvalue weighted by atomic mass is 19.1. The van der Waals surface area contributed by atoms with Gasteiger partial charge in [-0.15, -0.1) is 0 Å². The Labute approximate surface area is 142 Å². The number of likely N-dealkylation sites (N-methyl/N-ethyl adjacent to an activating group) is 1. The maximum atomic E-state index is 13.4. The largest absolute Gasteiger partial charge is 0.489 e. The third-order valence-corrected chi connectivity index (χ3v) is 3.73. The number of rotatable bonds is 7. The number of benzene rings is 2. The number of ether oxygens (including phenoxy) is 1. The lowest BCUT2D eigenvalue weighted by molar-refractivity contribution is -0.117. The van der Waals surface area contributed by atoms with Gasteiger partial charge in [-0.05, 0) is 44.2 Å². The SMILES string of the molecule is Cc1cccc(C)c1NC(=O)CN(C)CCOc1ccccc1F. The van der Waals surface area contributed by atoms with Crippen molar-refractivity contribution in [2.24, 2.45) is 0 Å². The first kappa shape index (κ1) is 17.9. The van der Waals surface area contributed by atoms with E-state index >= 15 is 0 Å². The Morgan fingerprint density at radius 3 is 2.46 bits per heavy atom. The van der Waals surface area contributed by atoms with Crippen LogP contribution in [0.25, 0.3) is 0 Å². The van der Waals surface area contributed by atoms with Gasteiger partial charge in [-0.25, -0.2) is 4.39 Å². The van der Waals surface area contributed by atoms with Crippen LogP contribution in [0.4, 0.5) is 10.1 Å². The average Bonchev–Trinajstić information content (AvgIpc) is 2.53. The summed E-state index contributed by atoms with van der Waals surface area (Å²) in [7, 11) is 1.83. The van der Waals surface area contributed by atoms with Crippen molar-refractivity contribution in [3.05, 3.63) is 59.4 Å². The molecule has 0 saturated carbocycles. The molecule has 0 aliphatic rings. The number of para-hydroxylation sites is 2. The number of amides is 1. The lowest BCUT2D eigenvalue weighted by Crippen LogP contribution is -2.33. The molecule has 0 fully saturated rings. The molecule has 0 aromatic heterocycles. The molecule has 2 rings (SSSR count). The lowest BCUT2D eigenvalue weighted by Gasteiger charge is -2.18. The number of hydrogen-bond donors (Lipinski definition) is 1. The number of carbonyl (C=O) groups excluding carboxylic acids is 1. The van der Waals surface area contributed by atoms with Crippen LogP contribution in [0.5, 0.6) is 5.75 Å². The molecule has 0 saturated heterocycles. The van der Waals surface area contributed by atoms with E-state index in [9.17, 15) is 9.18 Å². The zero-order valence-corrected chi connectivity index (χ0v) is 14.3. The second-order valence-corrected chi connectivity index (χ2v) is 5.83. The molecule has 0 aliphatic carbocycles. The van der Waals surface area contributed by atoms with E-state index < -0.39 is 0 Å². The van der Waals surface area contributed by atoms with Crippen molar-refractivity contribution in [1.82, 2.24) is 4.90 Å². The van der Waals surface area contributed by atoms with Gasteiger partial charge in [-0.3, -0.25) is 9.69 Å². The topological polar surface area (TPSA) is 41.6 Å². The fourth-order valence-corrected chi connectivity index (χ4v) is 2.39. The summed E-state index contributed by atoms with van der Waals surface area (Å²) in [5.74, 6) is -0.236. The van der Waals surface area contributed by atoms with Crippen LogP contribution in [-0.2, 0) is 4.79 Å². The summed E-state index contributed by atoms with van der Waals surface area (Å²) in [6, 6.07) is 12.2. The van der Waals surface area contributed by atoms with Gasteiger partial charge in [0.1, 0.15) is 6.61 Å². The first-order valence-electron chi connectivity index (χ1n) is 7.89. The van der Waals surface area contributed by atoms with Crippen molar-refractivity contribution in [1.29, 1.82) is 0 Å². The van der Waals surface area contributed by atoms with Crippen LogP contribution in [-0.4, -0.2) is 37.6 Å². The van der Waals surface area contributed by atoms with E-state index in [2.05, 4.69) is 5.32 Å². The van der Waals surface area contributed by atoms with Gasteiger partial charge < -0.3 is 10.1 Å². The van der Waals surface area contributed by atoms with Crippen LogP contribution >= 0.6 is 0 Å². The molecule has 0 spiro atoms. The lowest BCUT2D eigenvalue weighted by atomic mass is 10.1. The van der Waals surface area contributed by atoms with E-state index in [1.807, 2.05) is 44.0 Å². The molecule has 2 aromatic carbocycles. The Hall–Kier alpha value is -2.40. The maximum Gasteiger partial charge on any atom is 0.238 e. The predicted octanol–water partition coefficient (Wildman–Crippen LogP) is 3.39. The normalized spacial score (nSPS) is 10.7. The Bertz CT molecular complexity index is 683. The smallest absolute Gasteiger partial charge is 0.238 e. The molecule has 4 nitrogen and oxygen atoms in total. The van der Waals surface area contributed by atoms with Crippen molar-refractivity contribution in [2.45, 2.75) is 13.8 Å². The van der Waals surface area contributed by atoms with Gasteiger partial charge in [0.2, 0.25) is 5.91 Å². The Balaban J connectivity index is 1.79. The molecule has 2 aromatic rings. The highest BCUT2D eigenvalue weighted by Crippen LogP contribution is 2.19. The van der Waals surface area contributed by atoms with Crippen LogP contribution < -0.4 is 10.1 Å². The second-order valence-electron chi connectivity index (χ2n) is 5.83. The molecule has 0 aliphatic heterocycles. The van der Waals surface area contributed by atoms with Crippen molar-refractivity contribution >= 4 is 11.6 Å². The molecule has 128 valence electrons. The third kappa shape index (κ3) is 5.06. The number of aryl methyl sites for hydroxylation is 2. The van der Waals surface area contributed by atoms with Gasteiger partial charge in [0, 0.05) is 12.2 Å². The summed E-state index contributed by atoms with van der Waals surface area (Å²) in [5.41, 5.74) is 2.93. The number of nitrogens with one attached hydrogen (secondary N) is 1. The third-order valence-electron chi connectivity index (χ3n) is 3.73. The summed E-state index contributed by atoms with van der Waals surface area (Å²) in [4.78, 5) is 14.0. The van der Waals surface area contributed by atoms with Crippen molar-refractivity contribution in [2.75, 3.05) is 32.1 Å². The van der Waals surface area contributed by atoms with E-state index in [0.717, 1.165) is 16.8 Å². The van der Waals surface area contributed by atoms with Gasteiger partial charge in [-0.2, -0.15) is 0 Å². The summed E-state index contributed by atoms with van der Waals surface area (Å²) < 4.78 is 18.8. The van der Waals surface area contributed by atoms with Crippen LogP contribution in [0.15, 0.2) is 42.5 Å². The average molecular weight is 330 g/mol. The van der Waals surface area contributed by atoms with Crippen LogP contribution in [0, 0.1) is 19.7 Å². The second kappa shape index (κ2) is 8.45. The molecular formula is C19H23FN2O2. The molecule has 1 amide bonds. The molecule has 0 bridgehead atoms. The fourth-order valence-electron chi connectivity index (χ4n) is 2.39. The molecule has 24 heavy (non-hydrogen) atoms. The molecule has 0 atom stereocenters. The first-order chi connectivity index (χ1) is 11.5. The van der Waals surface area contributed by atoms with E-state index in [1.54, 1.807) is 18.2 Å². The summed E-state index contributed by atoms with van der Waals surface area (Å²) in [6.45, 7) is 5.01. The maximum absolute atomic E-state index is 13.4. The van der Waals surface area contributed by atoms with E-state index in [4.69, 9.17) is 4.74 Å². The Kier molecular flexibility index (Phi) is 6.32. The highest BCUT2D eigenvalue weighted by Gasteiger charge is 2.10. The number of hydrogen-bond acceptors (Lipinski definition) is 3. The van der Waals surface area contributed by atoms with Crippen LogP contribution in [0.1, 0.15) is 11.1 Å². The zero-order chi connectivity index (χ0) is 17.5. The van der Waals surface area contributed by atoms with E-state index in [-0.39, 0.29) is 24.0 Å². The number of nitrogens with zero attached hydrogens (tertiary/aromatic N) is 1. The molecule has 0 unspecified atom stereocenters. The highest BCUT2D eigenvalue weighted by molar-refractivity contribution is 5.93. The molecule has 0 heterocycles. The number of anilines is 1. The van der Waals surface area contributed by atoms with Crippen LogP contribution in [0.3, 0.4) is 0 Å². The monoisotopic (exact) mass is 330 g/mol. The van der Waals surface area contributed by atoms with E-state index in [1.165, 1.54) is 6.07 Å². The van der Waals surface area contributed by atoms with Gasteiger partial charge in [0.25, 0.3) is 0 Å². The Morgan fingerprint density at radius 2 is 1.79 bits per heavy atom. The first-order valence-corrected chi connectivity index (χ1v) is 7.89. The molecule has 1 N–H and O–H groups in total. The minimum atomic E-state index is -0.382. The predicted molar refractivity (Wildman–Crippen MR) is 93.9 cm³/mol.